The molecular weight excluding hydrogens is 322 g/mol. The summed E-state index contributed by atoms with van der Waals surface area (Å²) in [5.41, 5.74) is 1.94. The van der Waals surface area contributed by atoms with E-state index in [9.17, 15) is 4.79 Å². The third kappa shape index (κ3) is 4.40. The van der Waals surface area contributed by atoms with Crippen LogP contribution in [0.15, 0.2) is 57.9 Å². The van der Waals surface area contributed by atoms with Gasteiger partial charge in [-0.1, -0.05) is 34.1 Å². The summed E-state index contributed by atoms with van der Waals surface area (Å²) >= 11 is 4.97. The molecule has 0 aliphatic carbocycles. The van der Waals surface area contributed by atoms with Crippen LogP contribution in [0.2, 0.25) is 0 Å². The molecule has 0 fully saturated rings. The highest BCUT2D eigenvalue weighted by Gasteiger charge is 2.04. The predicted octanol–water partition coefficient (Wildman–Crippen LogP) is 4.49. The van der Waals surface area contributed by atoms with Crippen molar-refractivity contribution in [2.24, 2.45) is 0 Å². The molecule has 0 saturated carbocycles. The monoisotopic (exact) mass is 335 g/mol. The summed E-state index contributed by atoms with van der Waals surface area (Å²) in [6, 6.07) is 15.7. The Bertz CT molecular complexity index is 572. The fourth-order valence-corrected chi connectivity index (χ4v) is 2.55. The lowest BCUT2D eigenvalue weighted by Crippen LogP contribution is -2.14. The number of halogens is 1. The molecule has 0 aromatic heterocycles. The topological polar surface area (TPSA) is 29.1 Å². The van der Waals surface area contributed by atoms with Crippen molar-refractivity contribution in [3.8, 4) is 0 Å². The molecule has 19 heavy (non-hydrogen) atoms. The number of rotatable bonds is 4. The van der Waals surface area contributed by atoms with Gasteiger partial charge >= 0.3 is 0 Å². The Morgan fingerprint density at radius 1 is 1.21 bits per heavy atom. The van der Waals surface area contributed by atoms with Crippen LogP contribution in [0.5, 0.6) is 0 Å². The number of thioether (sulfide) groups is 1. The van der Waals surface area contributed by atoms with Crippen molar-refractivity contribution in [1.82, 2.24) is 0 Å². The largest absolute Gasteiger partial charge is 0.325 e. The van der Waals surface area contributed by atoms with Crippen LogP contribution in [0.4, 0.5) is 5.69 Å². The molecule has 98 valence electrons. The maximum atomic E-state index is 11.8. The number of hydrogen-bond acceptors (Lipinski definition) is 2. The van der Waals surface area contributed by atoms with Gasteiger partial charge in [0.25, 0.3) is 0 Å². The Morgan fingerprint density at radius 3 is 2.63 bits per heavy atom. The van der Waals surface area contributed by atoms with Gasteiger partial charge in [0, 0.05) is 15.1 Å². The fourth-order valence-electron chi connectivity index (χ4n) is 1.59. The molecule has 0 unspecified atom stereocenters. The second kappa shape index (κ2) is 6.78. The fraction of sp³-hybridized carbons (Fsp3) is 0.133. The third-order valence-electron chi connectivity index (χ3n) is 2.55. The van der Waals surface area contributed by atoms with Crippen LogP contribution in [-0.4, -0.2) is 11.7 Å². The van der Waals surface area contributed by atoms with E-state index in [2.05, 4.69) is 21.2 Å². The van der Waals surface area contributed by atoms with Gasteiger partial charge in [-0.25, -0.2) is 0 Å². The number of carbonyl (C=O) groups is 1. The summed E-state index contributed by atoms with van der Waals surface area (Å²) in [5.74, 6) is 0.426. The van der Waals surface area contributed by atoms with Crippen molar-refractivity contribution >= 4 is 39.3 Å². The summed E-state index contributed by atoms with van der Waals surface area (Å²) in [4.78, 5) is 12.9. The minimum absolute atomic E-state index is 0.00979. The molecule has 1 N–H and O–H groups in total. The number of benzene rings is 2. The summed E-state index contributed by atoms with van der Waals surface area (Å²) in [6.45, 7) is 2.00. The van der Waals surface area contributed by atoms with E-state index < -0.39 is 0 Å². The summed E-state index contributed by atoms with van der Waals surface area (Å²) < 4.78 is 1.05. The minimum atomic E-state index is 0.00979. The number of aryl methyl sites for hydroxylation is 1. The Morgan fingerprint density at radius 2 is 1.95 bits per heavy atom. The number of carbonyl (C=O) groups excluding carboxylic acids is 1. The number of hydrogen-bond donors (Lipinski definition) is 1. The van der Waals surface area contributed by atoms with Gasteiger partial charge in [-0.15, -0.1) is 11.8 Å². The highest BCUT2D eigenvalue weighted by molar-refractivity contribution is 9.10. The van der Waals surface area contributed by atoms with E-state index in [1.54, 1.807) is 0 Å². The van der Waals surface area contributed by atoms with Crippen LogP contribution in [0, 0.1) is 6.92 Å². The lowest BCUT2D eigenvalue weighted by molar-refractivity contribution is -0.113. The molecule has 2 nitrogen and oxygen atoms in total. The van der Waals surface area contributed by atoms with Gasteiger partial charge in [-0.3, -0.25) is 4.79 Å². The summed E-state index contributed by atoms with van der Waals surface area (Å²) in [5, 5.41) is 2.90. The molecule has 1 amide bonds. The summed E-state index contributed by atoms with van der Waals surface area (Å²) in [7, 11) is 0. The van der Waals surface area contributed by atoms with Crippen LogP contribution in [0.25, 0.3) is 0 Å². The minimum Gasteiger partial charge on any atom is -0.325 e. The summed E-state index contributed by atoms with van der Waals surface area (Å²) in [6.07, 6.45) is 0. The zero-order valence-electron chi connectivity index (χ0n) is 10.5. The van der Waals surface area contributed by atoms with Gasteiger partial charge in [-0.05, 0) is 42.8 Å². The van der Waals surface area contributed by atoms with Crippen LogP contribution >= 0.6 is 27.7 Å². The molecular formula is C15H14BrNOS. The third-order valence-corrected chi connectivity index (χ3v) is 4.46. The maximum absolute atomic E-state index is 11.8. The molecule has 2 rings (SSSR count). The number of amides is 1. The normalized spacial score (nSPS) is 10.2. The average Bonchev–Trinajstić information content (AvgIpc) is 2.42. The van der Waals surface area contributed by atoms with E-state index in [-0.39, 0.29) is 5.91 Å². The van der Waals surface area contributed by atoms with E-state index in [1.165, 1.54) is 11.8 Å². The van der Waals surface area contributed by atoms with E-state index in [1.807, 2.05) is 55.5 Å². The quantitative estimate of drug-likeness (QED) is 0.834. The molecule has 2 aromatic carbocycles. The molecule has 0 spiro atoms. The lowest BCUT2D eigenvalue weighted by Gasteiger charge is -2.07. The highest BCUT2D eigenvalue weighted by Crippen LogP contribution is 2.21. The Balaban J connectivity index is 1.89. The molecule has 0 aliphatic heterocycles. The van der Waals surface area contributed by atoms with Gasteiger partial charge in [0.2, 0.25) is 5.91 Å². The van der Waals surface area contributed by atoms with Crippen molar-refractivity contribution in [2.45, 2.75) is 11.8 Å². The Labute approximate surface area is 125 Å². The molecule has 2 aromatic rings. The molecule has 0 heterocycles. The van der Waals surface area contributed by atoms with E-state index in [0.717, 1.165) is 20.6 Å². The van der Waals surface area contributed by atoms with E-state index in [4.69, 9.17) is 0 Å². The predicted molar refractivity (Wildman–Crippen MR) is 84.7 cm³/mol. The van der Waals surface area contributed by atoms with Crippen LogP contribution in [0.1, 0.15) is 5.56 Å². The Kier molecular flexibility index (Phi) is 5.05. The van der Waals surface area contributed by atoms with Crippen molar-refractivity contribution in [3.05, 3.63) is 58.6 Å². The van der Waals surface area contributed by atoms with Crippen LogP contribution in [-0.2, 0) is 4.79 Å². The van der Waals surface area contributed by atoms with Crippen molar-refractivity contribution in [2.75, 3.05) is 11.1 Å². The van der Waals surface area contributed by atoms with Gasteiger partial charge < -0.3 is 5.32 Å². The molecule has 0 radical (unpaired) electrons. The average molecular weight is 336 g/mol. The van der Waals surface area contributed by atoms with Gasteiger partial charge in [-0.2, -0.15) is 0 Å². The second-order valence-electron chi connectivity index (χ2n) is 4.11. The second-order valence-corrected chi connectivity index (χ2v) is 6.02. The van der Waals surface area contributed by atoms with Crippen LogP contribution in [0.3, 0.4) is 0 Å². The van der Waals surface area contributed by atoms with Crippen molar-refractivity contribution in [3.63, 3.8) is 0 Å². The number of nitrogens with one attached hydrogen (secondary N) is 1. The lowest BCUT2D eigenvalue weighted by atomic mass is 10.2. The molecule has 4 heteroatoms. The molecule has 0 bridgehead atoms. The molecule has 0 saturated heterocycles. The zero-order chi connectivity index (χ0) is 13.7. The first-order valence-corrected chi connectivity index (χ1v) is 7.67. The standard InChI is InChI=1S/C15H14BrNOS/c1-11-9-12(7-8-14(11)16)17-15(18)10-19-13-5-3-2-4-6-13/h2-9H,10H2,1H3,(H,17,18). The number of anilines is 1. The molecule has 0 atom stereocenters. The smallest absolute Gasteiger partial charge is 0.234 e. The first-order chi connectivity index (χ1) is 9.15. The first-order valence-electron chi connectivity index (χ1n) is 5.89. The first kappa shape index (κ1) is 14.2. The zero-order valence-corrected chi connectivity index (χ0v) is 12.9. The van der Waals surface area contributed by atoms with Crippen molar-refractivity contribution < 1.29 is 4.79 Å². The maximum Gasteiger partial charge on any atom is 0.234 e. The van der Waals surface area contributed by atoms with Crippen LogP contribution < -0.4 is 5.32 Å². The van der Waals surface area contributed by atoms with Gasteiger partial charge in [0.05, 0.1) is 5.75 Å². The van der Waals surface area contributed by atoms with Gasteiger partial charge in [0.1, 0.15) is 0 Å². The van der Waals surface area contributed by atoms with Crippen molar-refractivity contribution in [1.29, 1.82) is 0 Å². The van der Waals surface area contributed by atoms with E-state index in [0.29, 0.717) is 5.75 Å². The molecule has 0 aliphatic rings. The van der Waals surface area contributed by atoms with E-state index >= 15 is 0 Å². The Hall–Kier alpha value is -1.26. The SMILES string of the molecule is Cc1cc(NC(=O)CSc2ccccc2)ccc1Br. The highest BCUT2D eigenvalue weighted by atomic mass is 79.9. The van der Waals surface area contributed by atoms with Gasteiger partial charge in [0.15, 0.2) is 0 Å².